The Labute approximate surface area is 159 Å². The van der Waals surface area contributed by atoms with Crippen LogP contribution in [-0.4, -0.2) is 56.9 Å². The molecule has 27 heavy (non-hydrogen) atoms. The van der Waals surface area contributed by atoms with Gasteiger partial charge in [-0.2, -0.15) is 5.10 Å². The molecule has 0 saturated carbocycles. The number of rotatable bonds is 3. The van der Waals surface area contributed by atoms with E-state index in [9.17, 15) is 4.79 Å². The van der Waals surface area contributed by atoms with E-state index in [1.54, 1.807) is 0 Å². The summed E-state index contributed by atoms with van der Waals surface area (Å²) in [5.41, 5.74) is 6.96. The van der Waals surface area contributed by atoms with Crippen LogP contribution >= 0.6 is 0 Å². The molecule has 0 radical (unpaired) electrons. The predicted octanol–water partition coefficient (Wildman–Crippen LogP) is 1.75. The lowest BCUT2D eigenvalue weighted by atomic mass is 9.91. The first-order valence-corrected chi connectivity index (χ1v) is 9.83. The number of likely N-dealkylation sites (N-methyl/N-ethyl adjacent to an activating group) is 1. The lowest BCUT2D eigenvalue weighted by Gasteiger charge is -2.34. The van der Waals surface area contributed by atoms with Crippen molar-refractivity contribution in [2.45, 2.75) is 38.9 Å². The maximum atomic E-state index is 12.8. The zero-order chi connectivity index (χ0) is 18.5. The number of hydrogen-bond acceptors (Lipinski definition) is 4. The molecule has 0 N–H and O–H groups in total. The van der Waals surface area contributed by atoms with Crippen LogP contribution in [0.3, 0.4) is 0 Å². The second kappa shape index (κ2) is 6.30. The minimum absolute atomic E-state index is 0.274. The van der Waals surface area contributed by atoms with Gasteiger partial charge in [0.25, 0.3) is 0 Å². The molecule has 1 aromatic heterocycles. The van der Waals surface area contributed by atoms with Crippen molar-refractivity contribution in [1.82, 2.24) is 19.6 Å². The molecule has 1 fully saturated rings. The van der Waals surface area contributed by atoms with Gasteiger partial charge in [0.15, 0.2) is 0 Å². The lowest BCUT2D eigenvalue weighted by Crippen LogP contribution is -2.44. The van der Waals surface area contributed by atoms with Gasteiger partial charge in [0.05, 0.1) is 24.4 Å². The highest BCUT2D eigenvalue weighted by molar-refractivity contribution is 6.14. The molecule has 1 atom stereocenters. The standard InChI is InChI=1S/C21H25N5O/c1-3-25-7-5-17(13-25)26-12-16-9-18-15(8-14(16)10-20(26)27)11-22-21(18)19-4-6-23-24(19)2/h4,6,8-9,17H,3,5,7,10-13H2,1-2H3/t17-/m1/s1. The monoisotopic (exact) mass is 363 g/mol. The molecular weight excluding hydrogens is 338 g/mol. The average Bonchev–Trinajstić information content (AvgIpc) is 3.38. The minimum atomic E-state index is 0.274. The highest BCUT2D eigenvalue weighted by Crippen LogP contribution is 2.31. The first-order valence-electron chi connectivity index (χ1n) is 9.83. The summed E-state index contributed by atoms with van der Waals surface area (Å²) in [4.78, 5) is 22.1. The van der Waals surface area contributed by atoms with Gasteiger partial charge in [-0.1, -0.05) is 13.0 Å². The number of carbonyl (C=O) groups is 1. The van der Waals surface area contributed by atoms with Crippen LogP contribution in [0.1, 0.15) is 41.3 Å². The van der Waals surface area contributed by atoms with Crippen LogP contribution < -0.4 is 0 Å². The molecule has 1 aromatic carbocycles. The number of amides is 1. The SMILES string of the molecule is CCN1CC[C@@H](N2Cc3cc4c(cc3CC2=O)CN=C4c2ccnn2C)C1. The van der Waals surface area contributed by atoms with Crippen molar-refractivity contribution in [3.8, 4) is 0 Å². The summed E-state index contributed by atoms with van der Waals surface area (Å²) in [6, 6.07) is 6.85. The van der Waals surface area contributed by atoms with E-state index in [4.69, 9.17) is 4.99 Å². The van der Waals surface area contributed by atoms with Crippen LogP contribution in [-0.2, 0) is 31.4 Å². The van der Waals surface area contributed by atoms with E-state index < -0.39 is 0 Å². The quantitative estimate of drug-likeness (QED) is 0.835. The van der Waals surface area contributed by atoms with Gasteiger partial charge < -0.3 is 9.80 Å². The smallest absolute Gasteiger partial charge is 0.227 e. The van der Waals surface area contributed by atoms with Crippen LogP contribution in [0.4, 0.5) is 0 Å². The molecule has 2 aromatic rings. The Morgan fingerprint density at radius 1 is 1.22 bits per heavy atom. The van der Waals surface area contributed by atoms with Gasteiger partial charge in [-0.3, -0.25) is 14.5 Å². The first-order chi connectivity index (χ1) is 13.1. The van der Waals surface area contributed by atoms with E-state index in [0.29, 0.717) is 19.0 Å². The van der Waals surface area contributed by atoms with Crippen molar-refractivity contribution in [3.05, 3.63) is 52.3 Å². The molecule has 3 aliphatic heterocycles. The molecule has 1 saturated heterocycles. The number of hydrogen-bond donors (Lipinski definition) is 0. The van der Waals surface area contributed by atoms with Crippen molar-refractivity contribution >= 4 is 11.6 Å². The van der Waals surface area contributed by atoms with Crippen LogP contribution in [0, 0.1) is 0 Å². The largest absolute Gasteiger partial charge is 0.334 e. The Hall–Kier alpha value is -2.47. The number of aliphatic imine (C=N–C) groups is 1. The van der Waals surface area contributed by atoms with Crippen molar-refractivity contribution in [2.75, 3.05) is 19.6 Å². The lowest BCUT2D eigenvalue weighted by molar-refractivity contribution is -0.134. The third kappa shape index (κ3) is 2.70. The number of aromatic nitrogens is 2. The summed E-state index contributed by atoms with van der Waals surface area (Å²) >= 11 is 0. The molecule has 6 heteroatoms. The van der Waals surface area contributed by atoms with E-state index >= 15 is 0 Å². The molecule has 1 amide bonds. The molecule has 5 rings (SSSR count). The molecule has 0 unspecified atom stereocenters. The van der Waals surface area contributed by atoms with E-state index in [0.717, 1.165) is 44.0 Å². The van der Waals surface area contributed by atoms with Gasteiger partial charge in [0.1, 0.15) is 0 Å². The summed E-state index contributed by atoms with van der Waals surface area (Å²) in [5, 5.41) is 4.29. The topological polar surface area (TPSA) is 53.7 Å². The van der Waals surface area contributed by atoms with Crippen molar-refractivity contribution in [3.63, 3.8) is 0 Å². The summed E-state index contributed by atoms with van der Waals surface area (Å²) in [6.07, 6.45) is 3.42. The van der Waals surface area contributed by atoms with Crippen molar-refractivity contribution in [1.29, 1.82) is 0 Å². The Kier molecular flexibility index (Phi) is 3.90. The predicted molar refractivity (Wildman–Crippen MR) is 104 cm³/mol. The number of nitrogens with zero attached hydrogens (tertiary/aromatic N) is 5. The van der Waals surface area contributed by atoms with Crippen LogP contribution in [0.25, 0.3) is 0 Å². The van der Waals surface area contributed by atoms with E-state index in [1.807, 2.05) is 24.0 Å². The third-order valence-electron chi connectivity index (χ3n) is 6.29. The molecular formula is C21H25N5O. The normalized spacial score (nSPS) is 22.1. The fraction of sp³-hybridized carbons (Fsp3) is 0.476. The number of fused-ring (bicyclic) bond motifs is 2. The number of benzene rings is 1. The summed E-state index contributed by atoms with van der Waals surface area (Å²) in [7, 11) is 1.95. The Balaban J connectivity index is 1.46. The fourth-order valence-corrected chi connectivity index (χ4v) is 4.70. The number of likely N-dealkylation sites (tertiary alicyclic amines) is 1. The van der Waals surface area contributed by atoms with E-state index in [-0.39, 0.29) is 5.91 Å². The molecule has 140 valence electrons. The van der Waals surface area contributed by atoms with Crippen LogP contribution in [0.2, 0.25) is 0 Å². The molecule has 0 aliphatic carbocycles. The second-order valence-electron chi connectivity index (χ2n) is 7.82. The molecule has 0 spiro atoms. The zero-order valence-electron chi connectivity index (χ0n) is 16.0. The number of carbonyl (C=O) groups excluding carboxylic acids is 1. The van der Waals surface area contributed by atoms with Gasteiger partial charge >= 0.3 is 0 Å². The zero-order valence-corrected chi connectivity index (χ0v) is 16.0. The summed E-state index contributed by atoms with van der Waals surface area (Å²) in [6.45, 7) is 6.77. The maximum Gasteiger partial charge on any atom is 0.227 e. The Morgan fingerprint density at radius 3 is 2.85 bits per heavy atom. The number of aryl methyl sites for hydroxylation is 1. The highest BCUT2D eigenvalue weighted by atomic mass is 16.2. The Morgan fingerprint density at radius 2 is 2.11 bits per heavy atom. The van der Waals surface area contributed by atoms with Crippen molar-refractivity contribution in [2.24, 2.45) is 12.0 Å². The molecule has 6 nitrogen and oxygen atoms in total. The molecule has 3 aliphatic rings. The van der Waals surface area contributed by atoms with E-state index in [1.165, 1.54) is 22.3 Å². The van der Waals surface area contributed by atoms with Gasteiger partial charge in [-0.05, 0) is 41.8 Å². The first kappa shape index (κ1) is 16.7. The third-order valence-corrected chi connectivity index (χ3v) is 6.29. The molecule has 0 bridgehead atoms. The average molecular weight is 363 g/mol. The second-order valence-corrected chi connectivity index (χ2v) is 7.82. The highest BCUT2D eigenvalue weighted by Gasteiger charge is 2.34. The minimum Gasteiger partial charge on any atom is -0.334 e. The van der Waals surface area contributed by atoms with Crippen molar-refractivity contribution < 1.29 is 4.79 Å². The van der Waals surface area contributed by atoms with E-state index in [2.05, 4.69) is 34.0 Å². The van der Waals surface area contributed by atoms with Gasteiger partial charge in [-0.15, -0.1) is 0 Å². The van der Waals surface area contributed by atoms with Gasteiger partial charge in [-0.25, -0.2) is 0 Å². The maximum absolute atomic E-state index is 12.8. The summed E-state index contributed by atoms with van der Waals surface area (Å²) in [5.74, 6) is 0.274. The molecule has 4 heterocycles. The fourth-order valence-electron chi connectivity index (χ4n) is 4.70. The Bertz CT molecular complexity index is 944. The van der Waals surface area contributed by atoms with Crippen LogP contribution in [0.15, 0.2) is 29.4 Å². The van der Waals surface area contributed by atoms with Crippen LogP contribution in [0.5, 0.6) is 0 Å². The summed E-state index contributed by atoms with van der Waals surface area (Å²) < 4.78 is 1.88. The van der Waals surface area contributed by atoms with Gasteiger partial charge in [0.2, 0.25) is 5.91 Å². The van der Waals surface area contributed by atoms with Gasteiger partial charge in [0, 0.05) is 44.5 Å².